The van der Waals surface area contributed by atoms with Crippen LogP contribution in [0.25, 0.3) is 10.9 Å². The fourth-order valence-corrected chi connectivity index (χ4v) is 3.05. The van der Waals surface area contributed by atoms with Gasteiger partial charge in [0.25, 0.3) is 0 Å². The van der Waals surface area contributed by atoms with Crippen LogP contribution in [0.3, 0.4) is 0 Å². The molecule has 1 aliphatic carbocycles. The number of aromatic amines is 1. The summed E-state index contributed by atoms with van der Waals surface area (Å²) < 4.78 is 0. The van der Waals surface area contributed by atoms with Gasteiger partial charge in [-0.25, -0.2) is 0 Å². The van der Waals surface area contributed by atoms with Crippen molar-refractivity contribution in [3.05, 3.63) is 34.5 Å². The monoisotopic (exact) mass is 248 g/mol. The summed E-state index contributed by atoms with van der Waals surface area (Å²) in [6.45, 7) is 0. The van der Waals surface area contributed by atoms with E-state index in [0.29, 0.717) is 6.04 Å². The number of fused-ring (bicyclic) bond motifs is 3. The topological polar surface area (TPSA) is 19.0 Å². The summed E-state index contributed by atoms with van der Waals surface area (Å²) in [5, 5.41) is 2.14. The summed E-state index contributed by atoms with van der Waals surface area (Å²) in [5.74, 6) is 0. The van der Waals surface area contributed by atoms with E-state index in [4.69, 9.17) is 11.6 Å². The molecule has 2 nitrogen and oxygen atoms in total. The van der Waals surface area contributed by atoms with E-state index in [0.717, 1.165) is 23.4 Å². The molecule has 90 valence electrons. The highest BCUT2D eigenvalue weighted by molar-refractivity contribution is 6.35. The molecule has 0 spiro atoms. The molecule has 0 radical (unpaired) electrons. The Morgan fingerprint density at radius 3 is 2.94 bits per heavy atom. The van der Waals surface area contributed by atoms with E-state index in [-0.39, 0.29) is 0 Å². The summed E-state index contributed by atoms with van der Waals surface area (Å²) in [6, 6.07) is 6.82. The molecular weight excluding hydrogens is 232 g/mol. The Balaban J connectivity index is 2.12. The minimum Gasteiger partial charge on any atom is -0.357 e. The minimum absolute atomic E-state index is 0.653. The average molecular weight is 249 g/mol. The summed E-state index contributed by atoms with van der Waals surface area (Å²) in [4.78, 5) is 5.82. The van der Waals surface area contributed by atoms with Crippen LogP contribution in [-0.4, -0.2) is 30.0 Å². The van der Waals surface area contributed by atoms with E-state index in [1.807, 2.05) is 12.1 Å². The molecule has 1 N–H and O–H groups in total. The molecule has 0 aliphatic heterocycles. The predicted octanol–water partition coefficient (Wildman–Crippen LogP) is 3.24. The third-order valence-electron chi connectivity index (χ3n) is 3.88. The SMILES string of the molecule is CN(C)[C@H]1CCc2[nH]c3c(Cl)cccc3c2C1. The number of hydrogen-bond donors (Lipinski definition) is 1. The van der Waals surface area contributed by atoms with E-state index >= 15 is 0 Å². The van der Waals surface area contributed by atoms with Gasteiger partial charge in [0.15, 0.2) is 0 Å². The molecule has 2 aromatic rings. The van der Waals surface area contributed by atoms with Gasteiger partial charge in [0, 0.05) is 17.1 Å². The standard InChI is InChI=1S/C14H17ClN2/c1-17(2)9-6-7-13-11(8-9)10-4-3-5-12(15)14(10)16-13/h3-5,9,16H,6-8H2,1-2H3/t9-/m0/s1. The van der Waals surface area contributed by atoms with Gasteiger partial charge in [-0.1, -0.05) is 23.7 Å². The second-order valence-electron chi connectivity index (χ2n) is 5.10. The van der Waals surface area contributed by atoms with Crippen LogP contribution in [-0.2, 0) is 12.8 Å². The van der Waals surface area contributed by atoms with Crippen LogP contribution < -0.4 is 0 Å². The fraction of sp³-hybridized carbons (Fsp3) is 0.429. The Hall–Kier alpha value is -0.990. The number of halogens is 1. The Morgan fingerprint density at radius 2 is 2.18 bits per heavy atom. The van der Waals surface area contributed by atoms with Crippen molar-refractivity contribution in [3.63, 3.8) is 0 Å². The van der Waals surface area contributed by atoms with Crippen LogP contribution in [0.5, 0.6) is 0 Å². The lowest BCUT2D eigenvalue weighted by Gasteiger charge is -2.28. The Kier molecular flexibility index (Phi) is 2.64. The van der Waals surface area contributed by atoms with E-state index in [2.05, 4.69) is 30.0 Å². The van der Waals surface area contributed by atoms with Crippen molar-refractivity contribution >= 4 is 22.5 Å². The fourth-order valence-electron chi connectivity index (χ4n) is 2.83. The molecule has 0 saturated heterocycles. The van der Waals surface area contributed by atoms with Crippen molar-refractivity contribution in [1.82, 2.24) is 9.88 Å². The molecule has 1 atom stereocenters. The van der Waals surface area contributed by atoms with Gasteiger partial charge in [-0.05, 0) is 45.0 Å². The van der Waals surface area contributed by atoms with E-state index in [1.165, 1.54) is 23.1 Å². The van der Waals surface area contributed by atoms with Crippen molar-refractivity contribution in [1.29, 1.82) is 0 Å². The zero-order valence-corrected chi connectivity index (χ0v) is 11.0. The van der Waals surface area contributed by atoms with Crippen LogP contribution in [0.1, 0.15) is 17.7 Å². The number of rotatable bonds is 1. The Morgan fingerprint density at radius 1 is 1.35 bits per heavy atom. The maximum Gasteiger partial charge on any atom is 0.0648 e. The predicted molar refractivity (Wildman–Crippen MR) is 72.8 cm³/mol. The summed E-state index contributed by atoms with van der Waals surface area (Å²) in [6.07, 6.45) is 3.48. The van der Waals surface area contributed by atoms with Gasteiger partial charge in [0.05, 0.1) is 10.5 Å². The van der Waals surface area contributed by atoms with Gasteiger partial charge >= 0.3 is 0 Å². The molecule has 1 heterocycles. The summed E-state index contributed by atoms with van der Waals surface area (Å²) in [5.41, 5.74) is 3.96. The molecule has 1 aromatic heterocycles. The molecule has 0 saturated carbocycles. The van der Waals surface area contributed by atoms with Gasteiger partial charge in [-0.2, -0.15) is 0 Å². The minimum atomic E-state index is 0.653. The first-order valence-corrected chi connectivity index (χ1v) is 6.49. The van der Waals surface area contributed by atoms with Gasteiger partial charge in [-0.15, -0.1) is 0 Å². The normalized spacial score (nSPS) is 19.9. The van der Waals surface area contributed by atoms with Crippen molar-refractivity contribution < 1.29 is 0 Å². The number of aryl methyl sites for hydroxylation is 1. The third kappa shape index (κ3) is 1.76. The average Bonchev–Trinajstić information content (AvgIpc) is 2.68. The van der Waals surface area contributed by atoms with Crippen molar-refractivity contribution in [2.75, 3.05) is 14.1 Å². The number of benzene rings is 1. The van der Waals surface area contributed by atoms with E-state index in [9.17, 15) is 0 Å². The lowest BCUT2D eigenvalue weighted by Crippen LogP contribution is -2.33. The number of para-hydroxylation sites is 1. The summed E-state index contributed by atoms with van der Waals surface area (Å²) in [7, 11) is 4.33. The van der Waals surface area contributed by atoms with E-state index in [1.54, 1.807) is 0 Å². The van der Waals surface area contributed by atoms with E-state index < -0.39 is 0 Å². The number of nitrogens with zero attached hydrogens (tertiary/aromatic N) is 1. The molecule has 17 heavy (non-hydrogen) atoms. The third-order valence-corrected chi connectivity index (χ3v) is 4.19. The highest BCUT2D eigenvalue weighted by atomic mass is 35.5. The maximum atomic E-state index is 6.23. The van der Waals surface area contributed by atoms with Crippen LogP contribution in [0.2, 0.25) is 5.02 Å². The second kappa shape index (κ2) is 4.04. The molecular formula is C14H17ClN2. The first kappa shape index (κ1) is 11.1. The number of likely N-dealkylation sites (N-methyl/N-ethyl adjacent to an activating group) is 1. The molecule has 0 fully saturated rings. The molecule has 3 rings (SSSR count). The smallest absolute Gasteiger partial charge is 0.0648 e. The van der Waals surface area contributed by atoms with Crippen molar-refractivity contribution in [3.8, 4) is 0 Å². The largest absolute Gasteiger partial charge is 0.357 e. The second-order valence-corrected chi connectivity index (χ2v) is 5.51. The molecule has 0 unspecified atom stereocenters. The molecule has 0 amide bonds. The number of aromatic nitrogens is 1. The lowest BCUT2D eigenvalue weighted by molar-refractivity contribution is 0.268. The Bertz CT molecular complexity index is 557. The van der Waals surface area contributed by atoms with Crippen molar-refractivity contribution in [2.45, 2.75) is 25.3 Å². The highest BCUT2D eigenvalue weighted by Gasteiger charge is 2.23. The number of nitrogens with one attached hydrogen (secondary N) is 1. The quantitative estimate of drug-likeness (QED) is 0.821. The molecule has 1 aliphatic rings. The molecule has 3 heteroatoms. The van der Waals surface area contributed by atoms with Gasteiger partial charge in [-0.3, -0.25) is 0 Å². The molecule has 1 aromatic carbocycles. The van der Waals surface area contributed by atoms with Gasteiger partial charge in [0.2, 0.25) is 0 Å². The lowest BCUT2D eigenvalue weighted by atomic mass is 9.91. The zero-order chi connectivity index (χ0) is 12.0. The maximum absolute atomic E-state index is 6.23. The molecule has 0 bridgehead atoms. The van der Waals surface area contributed by atoms with Crippen LogP contribution in [0.15, 0.2) is 18.2 Å². The van der Waals surface area contributed by atoms with Crippen molar-refractivity contribution in [2.24, 2.45) is 0 Å². The summed E-state index contributed by atoms with van der Waals surface area (Å²) >= 11 is 6.23. The Labute approximate surface area is 107 Å². The van der Waals surface area contributed by atoms with Gasteiger partial charge < -0.3 is 9.88 Å². The zero-order valence-electron chi connectivity index (χ0n) is 10.3. The van der Waals surface area contributed by atoms with Crippen LogP contribution in [0.4, 0.5) is 0 Å². The number of hydrogen-bond acceptors (Lipinski definition) is 1. The number of H-pyrrole nitrogens is 1. The first-order valence-electron chi connectivity index (χ1n) is 6.11. The highest BCUT2D eigenvalue weighted by Crippen LogP contribution is 2.33. The van der Waals surface area contributed by atoms with Gasteiger partial charge in [0.1, 0.15) is 0 Å². The van der Waals surface area contributed by atoms with Crippen LogP contribution in [0, 0.1) is 0 Å². The first-order chi connectivity index (χ1) is 8.16. The van der Waals surface area contributed by atoms with Crippen LogP contribution >= 0.6 is 11.6 Å².